The molecule has 1 saturated heterocycles. The van der Waals surface area contributed by atoms with E-state index in [0.717, 1.165) is 17.9 Å². The van der Waals surface area contributed by atoms with E-state index >= 15 is 0 Å². The van der Waals surface area contributed by atoms with Gasteiger partial charge in [0, 0.05) is 28.8 Å². The largest absolute Gasteiger partial charge is 0.381 e. The van der Waals surface area contributed by atoms with E-state index in [1.807, 2.05) is 11.8 Å². The number of hydrogen-bond donors (Lipinski definition) is 1. The summed E-state index contributed by atoms with van der Waals surface area (Å²) >= 11 is 5.18. The SMILES string of the molecule is CC1CC(Nc2ccc([N+](=O)[O-])c(Br)c2)CS1. The maximum atomic E-state index is 10.7. The quantitative estimate of drug-likeness (QED) is 0.683. The number of thioether (sulfide) groups is 1. The van der Waals surface area contributed by atoms with Gasteiger partial charge in [0.1, 0.15) is 0 Å². The molecule has 0 aromatic heterocycles. The van der Waals surface area contributed by atoms with Gasteiger partial charge in [0.2, 0.25) is 0 Å². The number of benzene rings is 1. The fourth-order valence-electron chi connectivity index (χ4n) is 1.90. The first-order chi connectivity index (χ1) is 8.06. The zero-order valence-electron chi connectivity index (χ0n) is 9.35. The van der Waals surface area contributed by atoms with Gasteiger partial charge in [-0.25, -0.2) is 0 Å². The molecular formula is C11H13BrN2O2S. The summed E-state index contributed by atoms with van der Waals surface area (Å²) in [4.78, 5) is 10.3. The van der Waals surface area contributed by atoms with Gasteiger partial charge < -0.3 is 5.32 Å². The average molecular weight is 317 g/mol. The summed E-state index contributed by atoms with van der Waals surface area (Å²) < 4.78 is 0.520. The van der Waals surface area contributed by atoms with E-state index in [1.165, 1.54) is 6.07 Å². The predicted molar refractivity (Wildman–Crippen MR) is 74.7 cm³/mol. The molecule has 2 rings (SSSR count). The smallest absolute Gasteiger partial charge is 0.283 e. The van der Waals surface area contributed by atoms with Crippen molar-refractivity contribution in [2.75, 3.05) is 11.1 Å². The van der Waals surface area contributed by atoms with Crippen molar-refractivity contribution in [2.45, 2.75) is 24.6 Å². The maximum Gasteiger partial charge on any atom is 0.283 e. The topological polar surface area (TPSA) is 55.2 Å². The molecule has 0 radical (unpaired) electrons. The molecule has 6 heteroatoms. The summed E-state index contributed by atoms with van der Waals surface area (Å²) in [6.07, 6.45) is 1.14. The molecule has 0 aliphatic carbocycles. The Morgan fingerprint density at radius 2 is 2.35 bits per heavy atom. The highest BCUT2D eigenvalue weighted by molar-refractivity contribution is 9.10. The summed E-state index contributed by atoms with van der Waals surface area (Å²) in [5.41, 5.74) is 1.03. The number of halogens is 1. The van der Waals surface area contributed by atoms with Crippen molar-refractivity contribution in [3.63, 3.8) is 0 Å². The van der Waals surface area contributed by atoms with Crippen LogP contribution in [-0.2, 0) is 0 Å². The molecule has 17 heavy (non-hydrogen) atoms. The standard InChI is InChI=1S/C11H13BrN2O2S/c1-7-4-9(6-17-7)13-8-2-3-11(14(15)16)10(12)5-8/h2-3,5,7,9,13H,4,6H2,1H3. The van der Waals surface area contributed by atoms with Gasteiger partial charge in [0.15, 0.2) is 0 Å². The first-order valence-electron chi connectivity index (χ1n) is 5.38. The van der Waals surface area contributed by atoms with Crippen molar-refractivity contribution in [3.8, 4) is 0 Å². The van der Waals surface area contributed by atoms with Crippen LogP contribution in [0.3, 0.4) is 0 Å². The molecular weight excluding hydrogens is 304 g/mol. The van der Waals surface area contributed by atoms with Gasteiger partial charge in [0.25, 0.3) is 5.69 Å². The van der Waals surface area contributed by atoms with E-state index in [2.05, 4.69) is 28.2 Å². The minimum Gasteiger partial charge on any atom is -0.381 e. The molecule has 1 aromatic rings. The maximum absolute atomic E-state index is 10.7. The second-order valence-electron chi connectivity index (χ2n) is 4.14. The zero-order valence-corrected chi connectivity index (χ0v) is 11.8. The van der Waals surface area contributed by atoms with Crippen LogP contribution in [-0.4, -0.2) is 22.0 Å². The van der Waals surface area contributed by atoms with E-state index in [9.17, 15) is 10.1 Å². The Labute approximate surface area is 112 Å². The van der Waals surface area contributed by atoms with Gasteiger partial charge >= 0.3 is 0 Å². The van der Waals surface area contributed by atoms with Crippen molar-refractivity contribution < 1.29 is 4.92 Å². The van der Waals surface area contributed by atoms with Crippen molar-refractivity contribution in [1.82, 2.24) is 0 Å². The van der Waals surface area contributed by atoms with Crippen LogP contribution in [0.15, 0.2) is 22.7 Å². The second-order valence-corrected chi connectivity index (χ2v) is 6.47. The van der Waals surface area contributed by atoms with Crippen LogP contribution in [0.5, 0.6) is 0 Å². The van der Waals surface area contributed by atoms with Gasteiger partial charge in [-0.2, -0.15) is 11.8 Å². The molecule has 1 fully saturated rings. The van der Waals surface area contributed by atoms with Gasteiger partial charge in [-0.15, -0.1) is 0 Å². The molecule has 1 N–H and O–H groups in total. The number of nitro groups is 1. The summed E-state index contributed by atoms with van der Waals surface area (Å²) in [6, 6.07) is 5.52. The van der Waals surface area contributed by atoms with Gasteiger partial charge in [0.05, 0.1) is 9.40 Å². The molecule has 4 nitrogen and oxygen atoms in total. The Morgan fingerprint density at radius 3 is 2.88 bits per heavy atom. The third-order valence-corrected chi connectivity index (χ3v) is 4.71. The van der Waals surface area contributed by atoms with Crippen LogP contribution < -0.4 is 5.32 Å². The lowest BCUT2D eigenvalue weighted by Gasteiger charge is -2.13. The first kappa shape index (κ1) is 12.7. The van der Waals surface area contributed by atoms with Gasteiger partial charge in [-0.1, -0.05) is 6.92 Å². The molecule has 1 heterocycles. The van der Waals surface area contributed by atoms with E-state index in [1.54, 1.807) is 12.1 Å². The Bertz CT molecular complexity index is 441. The molecule has 0 saturated carbocycles. The number of nitro benzene ring substituents is 1. The number of rotatable bonds is 3. The van der Waals surface area contributed by atoms with Crippen LogP contribution in [0.4, 0.5) is 11.4 Å². The van der Waals surface area contributed by atoms with Crippen LogP contribution >= 0.6 is 27.7 Å². The highest BCUT2D eigenvalue weighted by Crippen LogP contribution is 2.31. The third-order valence-electron chi connectivity index (χ3n) is 2.71. The fraction of sp³-hybridized carbons (Fsp3) is 0.455. The van der Waals surface area contributed by atoms with Gasteiger partial charge in [-0.3, -0.25) is 10.1 Å². The number of hydrogen-bond acceptors (Lipinski definition) is 4. The van der Waals surface area contributed by atoms with Crippen LogP contribution in [0.1, 0.15) is 13.3 Å². The molecule has 0 amide bonds. The highest BCUT2D eigenvalue weighted by Gasteiger charge is 2.22. The van der Waals surface area contributed by atoms with E-state index < -0.39 is 0 Å². The lowest BCUT2D eigenvalue weighted by Crippen LogP contribution is -2.18. The van der Waals surface area contributed by atoms with E-state index in [-0.39, 0.29) is 10.6 Å². The lowest BCUT2D eigenvalue weighted by molar-refractivity contribution is -0.385. The Morgan fingerprint density at radius 1 is 1.59 bits per heavy atom. The Hall–Kier alpha value is -0.750. The van der Waals surface area contributed by atoms with Crippen LogP contribution in [0, 0.1) is 10.1 Å². The number of nitrogens with one attached hydrogen (secondary N) is 1. The van der Waals surface area contributed by atoms with Crippen molar-refractivity contribution in [1.29, 1.82) is 0 Å². The summed E-state index contributed by atoms with van der Waals surface area (Å²) in [5.74, 6) is 1.09. The van der Waals surface area contributed by atoms with Gasteiger partial charge in [-0.05, 0) is 34.5 Å². The van der Waals surface area contributed by atoms with E-state index in [4.69, 9.17) is 0 Å². The number of anilines is 1. The minimum atomic E-state index is -0.388. The summed E-state index contributed by atoms with van der Waals surface area (Å²) in [7, 11) is 0. The fourth-order valence-corrected chi connectivity index (χ4v) is 3.57. The molecule has 0 bridgehead atoms. The Kier molecular flexibility index (Phi) is 3.93. The monoisotopic (exact) mass is 316 g/mol. The average Bonchev–Trinajstić information content (AvgIpc) is 2.63. The normalized spacial score (nSPS) is 23.6. The second kappa shape index (κ2) is 5.27. The molecule has 1 aliphatic rings. The molecule has 2 atom stereocenters. The first-order valence-corrected chi connectivity index (χ1v) is 7.22. The predicted octanol–water partition coefficient (Wildman–Crippen LogP) is 3.66. The highest BCUT2D eigenvalue weighted by atomic mass is 79.9. The molecule has 0 spiro atoms. The molecule has 2 unspecified atom stereocenters. The van der Waals surface area contributed by atoms with Crippen molar-refractivity contribution in [2.24, 2.45) is 0 Å². The third kappa shape index (κ3) is 3.13. The van der Waals surface area contributed by atoms with E-state index in [0.29, 0.717) is 15.8 Å². The zero-order chi connectivity index (χ0) is 12.4. The number of nitrogens with zero attached hydrogens (tertiary/aromatic N) is 1. The van der Waals surface area contributed by atoms with Crippen molar-refractivity contribution >= 4 is 39.1 Å². The molecule has 92 valence electrons. The lowest BCUT2D eigenvalue weighted by atomic mass is 10.2. The minimum absolute atomic E-state index is 0.102. The molecule has 1 aromatic carbocycles. The molecule has 1 aliphatic heterocycles. The van der Waals surface area contributed by atoms with Crippen molar-refractivity contribution in [3.05, 3.63) is 32.8 Å². The van der Waals surface area contributed by atoms with Crippen LogP contribution in [0.2, 0.25) is 0 Å². The summed E-state index contributed by atoms with van der Waals surface area (Å²) in [6.45, 7) is 2.22. The summed E-state index contributed by atoms with van der Waals surface area (Å²) in [5, 5.41) is 14.8. The van der Waals surface area contributed by atoms with Crippen LogP contribution in [0.25, 0.3) is 0 Å². The Balaban J connectivity index is 2.07.